The minimum Gasteiger partial charge on any atom is -0.246 e. The fourth-order valence-corrected chi connectivity index (χ4v) is 5.38. The maximum Gasteiger partial charge on any atom is 0.0894 e. The molecule has 4 aromatic rings. The number of fused-ring (bicyclic) bond motifs is 6. The van der Waals surface area contributed by atoms with Gasteiger partial charge in [0.2, 0.25) is 0 Å². The second-order valence-corrected chi connectivity index (χ2v) is 9.53. The lowest BCUT2D eigenvalue weighted by Crippen LogP contribution is -2.15. The Morgan fingerprint density at radius 1 is 0.467 bits per heavy atom. The van der Waals surface area contributed by atoms with Crippen LogP contribution in [0, 0.1) is 0 Å². The van der Waals surface area contributed by atoms with Crippen molar-refractivity contribution < 1.29 is 0 Å². The molecule has 0 aliphatic heterocycles. The van der Waals surface area contributed by atoms with Gasteiger partial charge in [-0.1, -0.05) is 88.4 Å². The van der Waals surface area contributed by atoms with Crippen LogP contribution in [0.3, 0.4) is 0 Å². The van der Waals surface area contributed by atoms with E-state index < -0.39 is 0 Å². The molecule has 6 rings (SSSR count). The Kier molecular flexibility index (Phi) is 3.32. The molecule has 2 aliphatic carbocycles. The predicted molar refractivity (Wildman–Crippen MR) is 123 cm³/mol. The van der Waals surface area contributed by atoms with Crippen LogP contribution in [0.5, 0.6) is 0 Å². The summed E-state index contributed by atoms with van der Waals surface area (Å²) >= 11 is 0. The van der Waals surface area contributed by atoms with Gasteiger partial charge in [-0.25, -0.2) is 9.97 Å². The van der Waals surface area contributed by atoms with Gasteiger partial charge in [0.15, 0.2) is 0 Å². The molecule has 0 bridgehead atoms. The molecule has 2 aliphatic rings. The number of rotatable bonds is 1. The molecule has 0 radical (unpaired) electrons. The van der Waals surface area contributed by atoms with Gasteiger partial charge in [-0.2, -0.15) is 0 Å². The summed E-state index contributed by atoms with van der Waals surface area (Å²) < 4.78 is 0. The van der Waals surface area contributed by atoms with Crippen molar-refractivity contribution >= 4 is 0 Å². The Labute approximate surface area is 177 Å². The van der Waals surface area contributed by atoms with Gasteiger partial charge in [-0.3, -0.25) is 0 Å². The quantitative estimate of drug-likeness (QED) is 0.360. The molecule has 0 saturated carbocycles. The number of aromatic nitrogens is 2. The Hall–Kier alpha value is -3.26. The molecule has 0 saturated heterocycles. The predicted octanol–water partition coefficient (Wildman–Crippen LogP) is 6.76. The summed E-state index contributed by atoms with van der Waals surface area (Å²) in [5.41, 5.74) is 11.8. The van der Waals surface area contributed by atoms with E-state index in [4.69, 9.17) is 9.97 Å². The number of pyridine rings is 2. The summed E-state index contributed by atoms with van der Waals surface area (Å²) in [6.45, 7) is 9.13. The third-order valence-corrected chi connectivity index (χ3v) is 7.11. The zero-order valence-electron chi connectivity index (χ0n) is 17.8. The second kappa shape index (κ2) is 5.66. The van der Waals surface area contributed by atoms with Crippen LogP contribution < -0.4 is 0 Å². The van der Waals surface area contributed by atoms with E-state index >= 15 is 0 Å². The monoisotopic (exact) mass is 388 g/mol. The van der Waals surface area contributed by atoms with Crippen LogP contribution in [-0.4, -0.2) is 9.97 Å². The lowest BCUT2D eigenvalue weighted by atomic mass is 9.82. The third-order valence-electron chi connectivity index (χ3n) is 7.11. The molecule has 2 aromatic carbocycles. The first-order chi connectivity index (χ1) is 14.4. The van der Waals surface area contributed by atoms with Crippen molar-refractivity contribution in [3.8, 4) is 33.9 Å². The number of hydrogen-bond donors (Lipinski definition) is 0. The largest absolute Gasteiger partial charge is 0.246 e. The van der Waals surface area contributed by atoms with E-state index in [-0.39, 0.29) is 10.8 Å². The maximum atomic E-state index is 5.12. The summed E-state index contributed by atoms with van der Waals surface area (Å²) in [6, 6.07) is 26.0. The van der Waals surface area contributed by atoms with Gasteiger partial charge < -0.3 is 0 Å². The highest BCUT2D eigenvalue weighted by Crippen LogP contribution is 2.49. The average Bonchev–Trinajstić information content (AvgIpc) is 3.14. The zero-order valence-corrected chi connectivity index (χ0v) is 17.8. The molecule has 0 N–H and O–H groups in total. The van der Waals surface area contributed by atoms with Crippen molar-refractivity contribution in [2.24, 2.45) is 0 Å². The normalized spacial score (nSPS) is 16.5. The molecule has 0 unspecified atom stereocenters. The van der Waals surface area contributed by atoms with Gasteiger partial charge in [0, 0.05) is 22.0 Å². The van der Waals surface area contributed by atoms with Crippen molar-refractivity contribution in [3.05, 3.63) is 95.1 Å². The SMILES string of the molecule is CC1(C)c2ccccc2-c2nc(-c3ccc4c(n3)-c3ccccc3C4(C)C)ccc21. The van der Waals surface area contributed by atoms with Crippen LogP contribution >= 0.6 is 0 Å². The molecule has 2 heterocycles. The van der Waals surface area contributed by atoms with E-state index in [9.17, 15) is 0 Å². The lowest BCUT2D eigenvalue weighted by molar-refractivity contribution is 0.658. The van der Waals surface area contributed by atoms with Crippen molar-refractivity contribution in [1.82, 2.24) is 9.97 Å². The van der Waals surface area contributed by atoms with Gasteiger partial charge in [-0.05, 0) is 34.4 Å². The first kappa shape index (κ1) is 17.6. The smallest absolute Gasteiger partial charge is 0.0894 e. The van der Waals surface area contributed by atoms with Crippen LogP contribution in [0.15, 0.2) is 72.8 Å². The van der Waals surface area contributed by atoms with Gasteiger partial charge in [0.25, 0.3) is 0 Å². The van der Waals surface area contributed by atoms with Gasteiger partial charge >= 0.3 is 0 Å². The van der Waals surface area contributed by atoms with E-state index in [1.807, 2.05) is 0 Å². The highest BCUT2D eigenvalue weighted by molar-refractivity contribution is 5.81. The van der Waals surface area contributed by atoms with Crippen molar-refractivity contribution in [2.75, 3.05) is 0 Å². The Bertz CT molecular complexity index is 1240. The molecular weight excluding hydrogens is 364 g/mol. The van der Waals surface area contributed by atoms with Crippen LogP contribution in [0.4, 0.5) is 0 Å². The van der Waals surface area contributed by atoms with Gasteiger partial charge in [-0.15, -0.1) is 0 Å². The summed E-state index contributed by atoms with van der Waals surface area (Å²) in [4.78, 5) is 10.2. The lowest BCUT2D eigenvalue weighted by Gasteiger charge is -2.21. The van der Waals surface area contributed by atoms with Crippen molar-refractivity contribution in [3.63, 3.8) is 0 Å². The Morgan fingerprint density at radius 2 is 0.867 bits per heavy atom. The van der Waals surface area contributed by atoms with Crippen LogP contribution in [0.1, 0.15) is 49.9 Å². The molecule has 0 fully saturated rings. The summed E-state index contributed by atoms with van der Waals surface area (Å²) in [7, 11) is 0. The highest BCUT2D eigenvalue weighted by Gasteiger charge is 2.38. The van der Waals surface area contributed by atoms with Crippen LogP contribution in [-0.2, 0) is 10.8 Å². The number of benzene rings is 2. The standard InChI is InChI=1S/C28H24N2/c1-27(2)19-11-7-5-9-17(19)25-21(27)13-15-23(29-25)24-16-14-22-26(30-24)18-10-6-8-12-20(18)28(22,3)4/h5-16H,1-4H3. The van der Waals surface area contributed by atoms with Crippen molar-refractivity contribution in [1.29, 1.82) is 0 Å². The minimum atomic E-state index is -0.0220. The van der Waals surface area contributed by atoms with Crippen LogP contribution in [0.25, 0.3) is 33.9 Å². The van der Waals surface area contributed by atoms with Crippen molar-refractivity contribution in [2.45, 2.75) is 38.5 Å². The first-order valence-corrected chi connectivity index (χ1v) is 10.6. The molecule has 2 heteroatoms. The van der Waals surface area contributed by atoms with E-state index in [0.717, 1.165) is 22.8 Å². The summed E-state index contributed by atoms with van der Waals surface area (Å²) in [5.74, 6) is 0. The Balaban J connectivity index is 1.53. The maximum absolute atomic E-state index is 5.12. The third kappa shape index (κ3) is 2.14. The highest BCUT2D eigenvalue weighted by atomic mass is 14.8. The summed E-state index contributed by atoms with van der Waals surface area (Å²) in [5, 5.41) is 0. The molecule has 30 heavy (non-hydrogen) atoms. The molecule has 2 aromatic heterocycles. The Morgan fingerprint density at radius 3 is 1.30 bits per heavy atom. The first-order valence-electron chi connectivity index (χ1n) is 10.6. The zero-order chi connectivity index (χ0) is 20.7. The average molecular weight is 389 g/mol. The van der Waals surface area contributed by atoms with Crippen LogP contribution in [0.2, 0.25) is 0 Å². The van der Waals surface area contributed by atoms with E-state index in [2.05, 4.69) is 100 Å². The fourth-order valence-electron chi connectivity index (χ4n) is 5.38. The second-order valence-electron chi connectivity index (χ2n) is 9.53. The number of hydrogen-bond acceptors (Lipinski definition) is 2. The fraction of sp³-hybridized carbons (Fsp3) is 0.214. The van der Waals surface area contributed by atoms with E-state index in [0.29, 0.717) is 0 Å². The van der Waals surface area contributed by atoms with E-state index in [1.54, 1.807) is 0 Å². The molecular formula is C28H24N2. The molecule has 0 amide bonds. The molecule has 0 spiro atoms. The number of nitrogens with zero attached hydrogens (tertiary/aromatic N) is 2. The summed E-state index contributed by atoms with van der Waals surface area (Å²) in [6.07, 6.45) is 0. The molecule has 0 atom stereocenters. The van der Waals surface area contributed by atoms with Gasteiger partial charge in [0.05, 0.1) is 22.8 Å². The minimum absolute atomic E-state index is 0.0220. The molecule has 2 nitrogen and oxygen atoms in total. The molecule has 146 valence electrons. The van der Waals surface area contributed by atoms with E-state index in [1.165, 1.54) is 33.4 Å². The van der Waals surface area contributed by atoms with Gasteiger partial charge in [0.1, 0.15) is 0 Å². The topological polar surface area (TPSA) is 25.8 Å².